The Morgan fingerprint density at radius 2 is 1.80 bits per heavy atom. The van der Waals surface area contributed by atoms with Gasteiger partial charge >= 0.3 is 0 Å². The predicted octanol–water partition coefficient (Wildman–Crippen LogP) is 3.37. The Balaban J connectivity index is 1.61. The molecule has 116 valence electrons. The standard InChI is InChI=1S/C17H32N2O/c18-14-17(10-4-1-5-11-17)13-16(20)19-12-6-9-15-7-2-3-8-15/h15H,1-14,18H2,(H,19,20). The van der Waals surface area contributed by atoms with E-state index in [1.807, 2.05) is 0 Å². The van der Waals surface area contributed by atoms with Crippen LogP contribution in [0.15, 0.2) is 0 Å². The fraction of sp³-hybridized carbons (Fsp3) is 0.941. The van der Waals surface area contributed by atoms with Crippen molar-refractivity contribution in [1.82, 2.24) is 5.32 Å². The molecule has 0 aromatic rings. The van der Waals surface area contributed by atoms with Gasteiger partial charge < -0.3 is 11.1 Å². The van der Waals surface area contributed by atoms with E-state index in [-0.39, 0.29) is 11.3 Å². The summed E-state index contributed by atoms with van der Waals surface area (Å²) in [6, 6.07) is 0. The highest BCUT2D eigenvalue weighted by atomic mass is 16.1. The first-order valence-corrected chi connectivity index (χ1v) is 8.71. The molecule has 2 aliphatic carbocycles. The minimum atomic E-state index is 0.105. The van der Waals surface area contributed by atoms with Crippen molar-refractivity contribution in [2.24, 2.45) is 17.1 Å². The first-order valence-electron chi connectivity index (χ1n) is 8.71. The van der Waals surface area contributed by atoms with E-state index in [0.29, 0.717) is 13.0 Å². The molecule has 3 N–H and O–H groups in total. The molecule has 3 nitrogen and oxygen atoms in total. The molecule has 0 saturated heterocycles. The van der Waals surface area contributed by atoms with E-state index in [1.54, 1.807) is 0 Å². The van der Waals surface area contributed by atoms with Crippen molar-refractivity contribution in [3.05, 3.63) is 0 Å². The normalized spacial score (nSPS) is 22.9. The maximum atomic E-state index is 12.1. The van der Waals surface area contributed by atoms with E-state index in [1.165, 1.54) is 51.4 Å². The van der Waals surface area contributed by atoms with Gasteiger partial charge in [0, 0.05) is 13.0 Å². The highest BCUT2D eigenvalue weighted by Gasteiger charge is 2.32. The van der Waals surface area contributed by atoms with E-state index in [2.05, 4.69) is 5.32 Å². The zero-order valence-corrected chi connectivity index (χ0v) is 13.0. The minimum absolute atomic E-state index is 0.105. The van der Waals surface area contributed by atoms with Gasteiger partial charge in [0.15, 0.2) is 0 Å². The third kappa shape index (κ3) is 4.76. The molecular weight excluding hydrogens is 248 g/mol. The van der Waals surface area contributed by atoms with Crippen molar-refractivity contribution in [2.45, 2.75) is 77.0 Å². The first kappa shape index (κ1) is 15.8. The van der Waals surface area contributed by atoms with E-state index < -0.39 is 0 Å². The second-order valence-corrected chi connectivity index (χ2v) is 7.08. The molecule has 0 spiro atoms. The average Bonchev–Trinajstić information content (AvgIpc) is 2.98. The van der Waals surface area contributed by atoms with Crippen LogP contribution in [0.2, 0.25) is 0 Å². The molecular formula is C17H32N2O. The van der Waals surface area contributed by atoms with Crippen molar-refractivity contribution in [3.63, 3.8) is 0 Å². The lowest BCUT2D eigenvalue weighted by atomic mass is 9.71. The van der Waals surface area contributed by atoms with E-state index in [4.69, 9.17) is 5.73 Å². The molecule has 0 heterocycles. The fourth-order valence-corrected chi connectivity index (χ4v) is 4.08. The third-order valence-electron chi connectivity index (χ3n) is 5.47. The molecule has 0 aromatic carbocycles. The zero-order valence-electron chi connectivity index (χ0n) is 13.0. The van der Waals surface area contributed by atoms with Crippen LogP contribution in [-0.4, -0.2) is 19.0 Å². The van der Waals surface area contributed by atoms with Crippen LogP contribution in [-0.2, 0) is 4.79 Å². The molecule has 2 saturated carbocycles. The number of carbonyl (C=O) groups excluding carboxylic acids is 1. The van der Waals surface area contributed by atoms with Crippen molar-refractivity contribution in [2.75, 3.05) is 13.1 Å². The Morgan fingerprint density at radius 1 is 1.10 bits per heavy atom. The highest BCUT2D eigenvalue weighted by molar-refractivity contribution is 5.76. The summed E-state index contributed by atoms with van der Waals surface area (Å²) in [7, 11) is 0. The first-order chi connectivity index (χ1) is 9.74. The van der Waals surface area contributed by atoms with Crippen LogP contribution >= 0.6 is 0 Å². The lowest BCUT2D eigenvalue weighted by Crippen LogP contribution is -2.38. The number of nitrogens with two attached hydrogens (primary N) is 1. The van der Waals surface area contributed by atoms with Crippen molar-refractivity contribution >= 4 is 5.91 Å². The number of nitrogens with one attached hydrogen (secondary N) is 1. The Hall–Kier alpha value is -0.570. The molecule has 0 aromatic heterocycles. The summed E-state index contributed by atoms with van der Waals surface area (Å²) in [6.45, 7) is 1.53. The van der Waals surface area contributed by atoms with E-state index >= 15 is 0 Å². The van der Waals surface area contributed by atoms with Gasteiger partial charge in [-0.25, -0.2) is 0 Å². The Morgan fingerprint density at radius 3 is 2.45 bits per heavy atom. The third-order valence-corrected chi connectivity index (χ3v) is 5.47. The molecule has 0 aliphatic heterocycles. The van der Waals surface area contributed by atoms with E-state index in [0.717, 1.165) is 31.7 Å². The molecule has 2 aliphatic rings. The number of hydrogen-bond acceptors (Lipinski definition) is 2. The molecule has 2 fully saturated rings. The van der Waals surface area contributed by atoms with Crippen LogP contribution < -0.4 is 11.1 Å². The van der Waals surface area contributed by atoms with Crippen LogP contribution in [0, 0.1) is 11.3 Å². The lowest BCUT2D eigenvalue weighted by molar-refractivity contribution is -0.123. The molecule has 2 rings (SSSR count). The van der Waals surface area contributed by atoms with Gasteiger partial charge in [0.1, 0.15) is 0 Å². The molecule has 3 heteroatoms. The average molecular weight is 280 g/mol. The monoisotopic (exact) mass is 280 g/mol. The molecule has 0 atom stereocenters. The Labute approximate surface area is 124 Å². The number of rotatable bonds is 7. The SMILES string of the molecule is NCC1(CC(=O)NCCCC2CCCC2)CCCCC1. The largest absolute Gasteiger partial charge is 0.356 e. The summed E-state index contributed by atoms with van der Waals surface area (Å²) in [6.07, 6.45) is 14.8. The van der Waals surface area contributed by atoms with Gasteiger partial charge in [-0.3, -0.25) is 4.79 Å². The van der Waals surface area contributed by atoms with Crippen molar-refractivity contribution < 1.29 is 4.79 Å². The minimum Gasteiger partial charge on any atom is -0.356 e. The van der Waals surface area contributed by atoms with Gasteiger partial charge in [0.2, 0.25) is 5.91 Å². The van der Waals surface area contributed by atoms with Crippen LogP contribution in [0.3, 0.4) is 0 Å². The summed E-state index contributed by atoms with van der Waals surface area (Å²) < 4.78 is 0. The number of amides is 1. The summed E-state index contributed by atoms with van der Waals surface area (Å²) in [5.41, 5.74) is 6.05. The summed E-state index contributed by atoms with van der Waals surface area (Å²) in [4.78, 5) is 12.1. The summed E-state index contributed by atoms with van der Waals surface area (Å²) >= 11 is 0. The summed E-state index contributed by atoms with van der Waals surface area (Å²) in [5, 5.41) is 3.12. The molecule has 0 radical (unpaired) electrons. The second kappa shape index (κ2) is 8.02. The topological polar surface area (TPSA) is 55.1 Å². The van der Waals surface area contributed by atoms with Gasteiger partial charge in [-0.15, -0.1) is 0 Å². The smallest absolute Gasteiger partial charge is 0.220 e. The molecule has 0 bridgehead atoms. The van der Waals surface area contributed by atoms with Gasteiger partial charge in [-0.05, 0) is 43.6 Å². The maximum absolute atomic E-state index is 12.1. The van der Waals surface area contributed by atoms with Crippen molar-refractivity contribution in [1.29, 1.82) is 0 Å². The molecule has 1 amide bonds. The Kier molecular flexibility index (Phi) is 6.34. The predicted molar refractivity (Wildman–Crippen MR) is 83.4 cm³/mol. The fourth-order valence-electron chi connectivity index (χ4n) is 4.08. The number of hydrogen-bond donors (Lipinski definition) is 2. The van der Waals surface area contributed by atoms with Gasteiger partial charge in [-0.2, -0.15) is 0 Å². The van der Waals surface area contributed by atoms with Gasteiger partial charge in [0.05, 0.1) is 0 Å². The summed E-state index contributed by atoms with van der Waals surface area (Å²) in [5.74, 6) is 1.16. The van der Waals surface area contributed by atoms with E-state index in [9.17, 15) is 4.79 Å². The second-order valence-electron chi connectivity index (χ2n) is 7.08. The highest BCUT2D eigenvalue weighted by Crippen LogP contribution is 2.38. The quantitative estimate of drug-likeness (QED) is 0.702. The van der Waals surface area contributed by atoms with Crippen LogP contribution in [0.1, 0.15) is 77.0 Å². The zero-order chi connectivity index (χ0) is 14.3. The number of carbonyl (C=O) groups is 1. The Bertz CT molecular complexity index is 291. The van der Waals surface area contributed by atoms with Crippen LogP contribution in [0.5, 0.6) is 0 Å². The van der Waals surface area contributed by atoms with Crippen molar-refractivity contribution in [3.8, 4) is 0 Å². The van der Waals surface area contributed by atoms with Crippen LogP contribution in [0.25, 0.3) is 0 Å². The van der Waals surface area contributed by atoms with Gasteiger partial charge in [-0.1, -0.05) is 44.9 Å². The maximum Gasteiger partial charge on any atom is 0.220 e. The molecule has 0 unspecified atom stereocenters. The lowest BCUT2D eigenvalue weighted by Gasteiger charge is -2.35. The van der Waals surface area contributed by atoms with Crippen LogP contribution in [0.4, 0.5) is 0 Å². The molecule has 20 heavy (non-hydrogen) atoms. The van der Waals surface area contributed by atoms with Gasteiger partial charge in [0.25, 0.3) is 0 Å².